The molecule has 2 aromatic heterocycles. The minimum absolute atomic E-state index is 0.000944. The molecule has 0 saturated heterocycles. The summed E-state index contributed by atoms with van der Waals surface area (Å²) < 4.78 is 10.0. The largest absolute Gasteiger partial charge is 0.454 e. The van der Waals surface area contributed by atoms with E-state index in [4.69, 9.17) is 4.42 Å². The summed E-state index contributed by atoms with van der Waals surface area (Å²) in [7, 11) is 0. The highest BCUT2D eigenvalue weighted by Gasteiger charge is 2.48. The summed E-state index contributed by atoms with van der Waals surface area (Å²) in [6, 6.07) is 72.2. The molecule has 0 unspecified atom stereocenters. The molecule has 0 saturated carbocycles. The lowest BCUT2D eigenvalue weighted by molar-refractivity contribution is 0.590. The molecule has 0 atom stereocenters. The van der Waals surface area contributed by atoms with Crippen molar-refractivity contribution in [2.45, 2.75) is 157 Å². The van der Waals surface area contributed by atoms with Crippen LogP contribution in [0.1, 0.15) is 158 Å². The lowest BCUT2D eigenvalue weighted by Crippen LogP contribution is -2.63. The number of fused-ring (bicyclic) bond motifs is 9. The average Bonchev–Trinajstić information content (AvgIpc) is 1.35. The van der Waals surface area contributed by atoms with Crippen LogP contribution in [0.15, 0.2) is 192 Å². The van der Waals surface area contributed by atoms with Crippen molar-refractivity contribution in [2.24, 2.45) is 0 Å². The molecule has 11 aromatic rings. The number of para-hydroxylation sites is 1. The van der Waals surface area contributed by atoms with Gasteiger partial charge in [0.25, 0.3) is 6.71 Å². The van der Waals surface area contributed by atoms with E-state index in [9.17, 15) is 0 Å². The van der Waals surface area contributed by atoms with Crippen LogP contribution >= 0.6 is 0 Å². The van der Waals surface area contributed by atoms with Crippen LogP contribution in [-0.4, -0.2) is 11.3 Å². The molecule has 434 valence electrons. The molecule has 5 nitrogen and oxygen atoms in total. The second kappa shape index (κ2) is 19.7. The van der Waals surface area contributed by atoms with E-state index in [2.05, 4.69) is 332 Å². The third-order valence-corrected chi connectivity index (χ3v) is 18.5. The van der Waals surface area contributed by atoms with Gasteiger partial charge < -0.3 is 23.7 Å². The van der Waals surface area contributed by atoms with Gasteiger partial charge in [-0.3, -0.25) is 0 Å². The zero-order chi connectivity index (χ0) is 60.9. The van der Waals surface area contributed by atoms with E-state index in [1.807, 2.05) is 0 Å². The zero-order valence-electron chi connectivity index (χ0n) is 54.2. The molecule has 9 aromatic carbocycles. The van der Waals surface area contributed by atoms with Gasteiger partial charge >= 0.3 is 0 Å². The van der Waals surface area contributed by atoms with Crippen LogP contribution in [0.3, 0.4) is 0 Å². The van der Waals surface area contributed by atoms with Crippen molar-refractivity contribution in [3.63, 3.8) is 0 Å². The normalized spacial score (nSPS) is 13.9. The predicted octanol–water partition coefficient (Wildman–Crippen LogP) is 20.9. The fraction of sp³-hybridized carbons (Fsp3) is 0.300. The molecule has 2 aliphatic heterocycles. The quantitative estimate of drug-likeness (QED) is 0.155. The highest BCUT2D eigenvalue weighted by Crippen LogP contribution is 2.53. The first-order valence-corrected chi connectivity index (χ1v) is 31.2. The van der Waals surface area contributed by atoms with Gasteiger partial charge in [-0.1, -0.05) is 216 Å². The van der Waals surface area contributed by atoms with Gasteiger partial charge in [-0.05, 0) is 174 Å². The predicted molar refractivity (Wildman–Crippen MR) is 371 cm³/mol. The third-order valence-electron chi connectivity index (χ3n) is 18.5. The van der Waals surface area contributed by atoms with Gasteiger partial charge in [0.1, 0.15) is 5.58 Å². The molecule has 2 aliphatic rings. The molecule has 86 heavy (non-hydrogen) atoms. The van der Waals surface area contributed by atoms with E-state index >= 15 is 0 Å². The maximum absolute atomic E-state index is 7.42. The Morgan fingerprint density at radius 3 is 1.36 bits per heavy atom. The van der Waals surface area contributed by atoms with E-state index in [1.165, 1.54) is 72.2 Å². The smallest absolute Gasteiger partial charge is 0.273 e. The maximum atomic E-state index is 7.42. The number of rotatable bonds is 6. The molecule has 0 fully saturated rings. The Morgan fingerprint density at radius 1 is 0.372 bits per heavy atom. The molecule has 4 heterocycles. The van der Waals surface area contributed by atoms with Crippen LogP contribution in [0.4, 0.5) is 51.2 Å². The summed E-state index contributed by atoms with van der Waals surface area (Å²) in [4.78, 5) is 7.59. The van der Waals surface area contributed by atoms with Crippen LogP contribution in [0, 0.1) is 0 Å². The van der Waals surface area contributed by atoms with E-state index in [0.717, 1.165) is 67.4 Å². The number of hydrogen-bond donors (Lipinski definition) is 0. The minimum atomic E-state index is -0.171. The monoisotopic (exact) mass is 1130 g/mol. The highest BCUT2D eigenvalue weighted by atomic mass is 16.3. The average molecular weight is 1130 g/mol. The number of furan rings is 1. The van der Waals surface area contributed by atoms with Crippen molar-refractivity contribution in [1.29, 1.82) is 0 Å². The molecule has 0 bridgehead atoms. The first-order valence-electron chi connectivity index (χ1n) is 31.2. The summed E-state index contributed by atoms with van der Waals surface area (Å²) in [6.07, 6.45) is 0. The first kappa shape index (κ1) is 56.9. The minimum Gasteiger partial charge on any atom is -0.454 e. The van der Waals surface area contributed by atoms with Gasteiger partial charge in [0.15, 0.2) is 5.58 Å². The van der Waals surface area contributed by atoms with Gasteiger partial charge in [0.05, 0.1) is 28.0 Å². The fourth-order valence-electron chi connectivity index (χ4n) is 13.5. The Bertz CT molecular complexity index is 4380. The van der Waals surface area contributed by atoms with Gasteiger partial charge in [-0.15, -0.1) is 0 Å². The standard InChI is InChI=1S/C80H85BN4O/c1-75(2,3)50-26-36-56(37-27-50)82(57-38-28-51(29-39-57)76(4,5)6)65-46-47-68(73-70(65)60-22-19-20-25-69(60)86-73)85-64-45-35-55(80(16,17)18)49-62(64)81-71-66(23-21-24-67(71)85)83(58-40-30-52(31-41-58)77(7,8)9)72-61-48-54(79(13,14)15)34-44-63(61)84(74(72)81)59-42-32-53(33-43-59)78(10,11)12/h19-49H,1-18H3. The van der Waals surface area contributed by atoms with E-state index in [0.29, 0.717) is 0 Å². The molecular weight excluding hydrogens is 1040 g/mol. The van der Waals surface area contributed by atoms with Gasteiger partial charge in [0, 0.05) is 56.2 Å². The Kier molecular flexibility index (Phi) is 13.0. The summed E-state index contributed by atoms with van der Waals surface area (Å²) in [5, 5.41) is 3.37. The molecule has 6 heteroatoms. The Labute approximate surface area is 512 Å². The molecule has 0 amide bonds. The van der Waals surface area contributed by atoms with Crippen LogP contribution in [0.5, 0.6) is 0 Å². The number of aromatic nitrogens is 1. The highest BCUT2D eigenvalue weighted by molar-refractivity contribution is 7.00. The summed E-state index contributed by atoms with van der Waals surface area (Å²) in [5.74, 6) is 0. The van der Waals surface area contributed by atoms with Crippen molar-refractivity contribution < 1.29 is 4.42 Å². The van der Waals surface area contributed by atoms with Crippen molar-refractivity contribution in [3.05, 3.63) is 221 Å². The molecular formula is C80H85BN4O. The van der Waals surface area contributed by atoms with E-state index in [-0.39, 0.29) is 39.2 Å². The fourth-order valence-corrected chi connectivity index (χ4v) is 13.5. The topological polar surface area (TPSA) is 27.8 Å². The molecule has 0 N–H and O–H groups in total. The second-order valence-electron chi connectivity index (χ2n) is 30.8. The zero-order valence-corrected chi connectivity index (χ0v) is 54.2. The summed E-state index contributed by atoms with van der Waals surface area (Å²) in [6.45, 7) is 41.4. The van der Waals surface area contributed by atoms with Crippen molar-refractivity contribution >= 4 is 107 Å². The third kappa shape index (κ3) is 9.45. The maximum Gasteiger partial charge on any atom is 0.273 e. The lowest BCUT2D eigenvalue weighted by Gasteiger charge is -2.44. The second-order valence-corrected chi connectivity index (χ2v) is 30.8. The van der Waals surface area contributed by atoms with E-state index < -0.39 is 0 Å². The number of anilines is 9. The Balaban J connectivity index is 1.13. The van der Waals surface area contributed by atoms with Gasteiger partial charge in [-0.2, -0.15) is 0 Å². The molecule has 0 spiro atoms. The Morgan fingerprint density at radius 2 is 0.826 bits per heavy atom. The van der Waals surface area contributed by atoms with Crippen LogP contribution in [0.25, 0.3) is 38.5 Å². The van der Waals surface area contributed by atoms with Crippen molar-refractivity contribution in [3.8, 4) is 5.69 Å². The molecule has 0 radical (unpaired) electrons. The summed E-state index contributed by atoms with van der Waals surface area (Å²) >= 11 is 0. The van der Waals surface area contributed by atoms with Crippen molar-refractivity contribution in [1.82, 2.24) is 4.57 Å². The van der Waals surface area contributed by atoms with Crippen LogP contribution < -0.4 is 31.2 Å². The van der Waals surface area contributed by atoms with E-state index in [1.54, 1.807) is 0 Å². The molecule has 0 aliphatic carbocycles. The van der Waals surface area contributed by atoms with Gasteiger partial charge in [0.2, 0.25) is 0 Å². The summed E-state index contributed by atoms with van der Waals surface area (Å²) in [5.41, 5.74) is 25.4. The lowest BCUT2D eigenvalue weighted by atomic mass is 9.34. The molecule has 13 rings (SSSR count). The van der Waals surface area contributed by atoms with Crippen LogP contribution in [0.2, 0.25) is 0 Å². The number of hydrogen-bond acceptors (Lipinski definition) is 4. The first-order chi connectivity index (χ1) is 40.5. The number of nitrogens with zero attached hydrogens (tertiary/aromatic N) is 4. The van der Waals surface area contributed by atoms with Crippen LogP contribution in [-0.2, 0) is 32.5 Å². The Hall–Kier alpha value is -8.22. The van der Waals surface area contributed by atoms with Crippen molar-refractivity contribution in [2.75, 3.05) is 14.7 Å². The number of benzene rings is 9. The van der Waals surface area contributed by atoms with Gasteiger partial charge in [-0.25, -0.2) is 0 Å². The SMILES string of the molecule is CC(C)(C)c1ccc(N2c3cccc4c3B(c3cc(C(C)(C)C)ccc3N4c3ccc(N(c4ccc(C(C)(C)C)cc4)c4ccc(C(C)(C)C)cc4)c4c3oc3ccccc34)c3c2c2cc(C(C)(C)C)ccc2n3-c2ccc(C(C)(C)C)cc2)cc1.